The number of hydrogen-bond acceptors (Lipinski definition) is 2. The van der Waals surface area contributed by atoms with Gasteiger partial charge in [-0.05, 0) is 12.1 Å². The molecule has 17 heavy (non-hydrogen) atoms. The quantitative estimate of drug-likeness (QED) is 0.627. The highest BCUT2D eigenvalue weighted by Gasteiger charge is 2.11. The van der Waals surface area contributed by atoms with Crippen LogP contribution in [-0.2, 0) is 0 Å². The molecule has 5 heteroatoms. The number of rotatable bonds is 1. The smallest absolute Gasteiger partial charge is 0.142 e. The van der Waals surface area contributed by atoms with E-state index >= 15 is 0 Å². The van der Waals surface area contributed by atoms with Crippen LogP contribution in [0.2, 0.25) is 10.3 Å². The zero-order chi connectivity index (χ0) is 11.8. The van der Waals surface area contributed by atoms with Gasteiger partial charge >= 0.3 is 0 Å². The van der Waals surface area contributed by atoms with E-state index in [0.29, 0.717) is 10.3 Å². The molecule has 0 fully saturated rings. The van der Waals surface area contributed by atoms with E-state index in [-0.39, 0.29) is 0 Å². The van der Waals surface area contributed by atoms with Gasteiger partial charge in [-0.25, -0.2) is 9.67 Å². The van der Waals surface area contributed by atoms with Crippen molar-refractivity contribution in [1.82, 2.24) is 14.8 Å². The van der Waals surface area contributed by atoms with Crippen LogP contribution in [0.5, 0.6) is 0 Å². The molecule has 0 unspecified atom stereocenters. The number of fused-ring (bicyclic) bond motifs is 1. The third-order valence-electron chi connectivity index (χ3n) is 2.47. The van der Waals surface area contributed by atoms with E-state index in [1.54, 1.807) is 16.9 Å². The maximum absolute atomic E-state index is 6.26. The van der Waals surface area contributed by atoms with Gasteiger partial charge in [-0.3, -0.25) is 0 Å². The number of pyridine rings is 1. The summed E-state index contributed by atoms with van der Waals surface area (Å²) in [6.07, 6.45) is 1.63. The fraction of sp³-hybridized carbons (Fsp3) is 0. The van der Waals surface area contributed by atoms with Crippen molar-refractivity contribution in [2.45, 2.75) is 0 Å². The van der Waals surface area contributed by atoms with Crippen molar-refractivity contribution in [1.29, 1.82) is 0 Å². The molecule has 0 atom stereocenters. The second kappa shape index (κ2) is 4.02. The molecule has 3 aromatic rings. The lowest BCUT2D eigenvalue weighted by molar-refractivity contribution is 0.897. The maximum Gasteiger partial charge on any atom is 0.142 e. The minimum atomic E-state index is 0.409. The van der Waals surface area contributed by atoms with Crippen molar-refractivity contribution in [2.24, 2.45) is 0 Å². The van der Waals surface area contributed by atoms with Crippen LogP contribution in [0.1, 0.15) is 0 Å². The molecule has 0 radical (unpaired) electrons. The summed E-state index contributed by atoms with van der Waals surface area (Å²) < 4.78 is 1.67. The van der Waals surface area contributed by atoms with Crippen molar-refractivity contribution in [3.05, 3.63) is 52.9 Å². The summed E-state index contributed by atoms with van der Waals surface area (Å²) in [6, 6.07) is 11.4. The Morgan fingerprint density at radius 3 is 2.59 bits per heavy atom. The lowest BCUT2D eigenvalue weighted by Gasteiger charge is -2.01. The largest absolute Gasteiger partial charge is 0.244 e. The van der Waals surface area contributed by atoms with Gasteiger partial charge < -0.3 is 0 Å². The van der Waals surface area contributed by atoms with Gasteiger partial charge in [-0.15, -0.1) is 0 Å². The molecule has 0 saturated carbocycles. The topological polar surface area (TPSA) is 30.7 Å². The van der Waals surface area contributed by atoms with Gasteiger partial charge in [0, 0.05) is 12.3 Å². The summed E-state index contributed by atoms with van der Waals surface area (Å²) >= 11 is 12.1. The van der Waals surface area contributed by atoms with Crippen LogP contribution < -0.4 is 0 Å². The fourth-order valence-corrected chi connectivity index (χ4v) is 2.10. The average molecular weight is 264 g/mol. The molecule has 3 rings (SSSR count). The first-order chi connectivity index (χ1) is 8.25. The maximum atomic E-state index is 6.26. The number of benzene rings is 1. The van der Waals surface area contributed by atoms with Gasteiger partial charge in [-0.2, -0.15) is 5.10 Å². The van der Waals surface area contributed by atoms with Gasteiger partial charge in [0.1, 0.15) is 10.3 Å². The highest BCUT2D eigenvalue weighted by Crippen LogP contribution is 2.26. The van der Waals surface area contributed by atoms with Crippen LogP contribution in [0.4, 0.5) is 0 Å². The zero-order valence-electron chi connectivity index (χ0n) is 8.64. The summed E-state index contributed by atoms with van der Waals surface area (Å²) in [6.45, 7) is 0. The normalized spacial score (nSPS) is 10.9. The second-order valence-corrected chi connectivity index (χ2v) is 4.31. The fourth-order valence-electron chi connectivity index (χ4n) is 1.67. The highest BCUT2D eigenvalue weighted by atomic mass is 35.5. The Morgan fingerprint density at radius 2 is 1.82 bits per heavy atom. The SMILES string of the molecule is Clc1cc2nn(-c3ccccc3)c(Cl)c2cn1. The minimum absolute atomic E-state index is 0.409. The zero-order valence-corrected chi connectivity index (χ0v) is 10.2. The molecule has 0 N–H and O–H groups in total. The molecule has 0 aliphatic carbocycles. The van der Waals surface area contributed by atoms with Crippen LogP contribution >= 0.6 is 23.2 Å². The summed E-state index contributed by atoms with van der Waals surface area (Å²) in [5.74, 6) is 0. The molecule has 0 amide bonds. The highest BCUT2D eigenvalue weighted by molar-refractivity contribution is 6.35. The molecule has 2 aromatic heterocycles. The van der Waals surface area contributed by atoms with Crippen LogP contribution in [0.25, 0.3) is 16.6 Å². The third-order valence-corrected chi connectivity index (χ3v) is 3.04. The van der Waals surface area contributed by atoms with Gasteiger partial charge in [0.05, 0.1) is 16.6 Å². The van der Waals surface area contributed by atoms with Crippen LogP contribution in [-0.4, -0.2) is 14.8 Å². The average Bonchev–Trinajstić information content (AvgIpc) is 2.67. The van der Waals surface area contributed by atoms with Gasteiger partial charge in [0.15, 0.2) is 0 Å². The molecule has 0 aliphatic rings. The molecular weight excluding hydrogens is 257 g/mol. The first-order valence-corrected chi connectivity index (χ1v) is 5.76. The lowest BCUT2D eigenvalue weighted by atomic mass is 10.3. The molecule has 0 aliphatic heterocycles. The summed E-state index contributed by atoms with van der Waals surface area (Å²) in [5, 5.41) is 6.14. The third kappa shape index (κ3) is 1.77. The molecular formula is C12H7Cl2N3. The summed E-state index contributed by atoms with van der Waals surface area (Å²) in [4.78, 5) is 4.00. The molecule has 1 aromatic carbocycles. The van der Waals surface area contributed by atoms with Gasteiger partial charge in [-0.1, -0.05) is 41.4 Å². The first kappa shape index (κ1) is 10.6. The lowest BCUT2D eigenvalue weighted by Crippen LogP contribution is -1.94. The summed E-state index contributed by atoms with van der Waals surface area (Å²) in [7, 11) is 0. The van der Waals surface area contributed by atoms with Crippen LogP contribution in [0.15, 0.2) is 42.6 Å². The Bertz CT molecular complexity index is 677. The van der Waals surface area contributed by atoms with Crippen molar-refractivity contribution in [3.63, 3.8) is 0 Å². The predicted molar refractivity (Wildman–Crippen MR) is 68.9 cm³/mol. The van der Waals surface area contributed by atoms with Crippen molar-refractivity contribution in [3.8, 4) is 5.69 Å². The number of nitrogens with zero attached hydrogens (tertiary/aromatic N) is 3. The van der Waals surface area contributed by atoms with Gasteiger partial charge in [0.25, 0.3) is 0 Å². The Balaban J connectivity index is 2.28. The van der Waals surface area contributed by atoms with Gasteiger partial charge in [0.2, 0.25) is 0 Å². The Kier molecular flexibility index (Phi) is 2.50. The summed E-state index contributed by atoms with van der Waals surface area (Å²) in [5.41, 5.74) is 1.64. The van der Waals surface area contributed by atoms with Crippen molar-refractivity contribution < 1.29 is 0 Å². The van der Waals surface area contributed by atoms with Crippen LogP contribution in [0, 0.1) is 0 Å². The molecule has 2 heterocycles. The van der Waals surface area contributed by atoms with E-state index in [0.717, 1.165) is 16.6 Å². The number of para-hydroxylation sites is 1. The second-order valence-electron chi connectivity index (χ2n) is 3.56. The molecule has 84 valence electrons. The first-order valence-electron chi connectivity index (χ1n) is 5.01. The molecule has 0 spiro atoms. The minimum Gasteiger partial charge on any atom is -0.244 e. The van der Waals surface area contributed by atoms with E-state index < -0.39 is 0 Å². The molecule has 0 saturated heterocycles. The predicted octanol–water partition coefficient (Wildman–Crippen LogP) is 3.73. The monoisotopic (exact) mass is 263 g/mol. The van der Waals surface area contributed by atoms with E-state index in [2.05, 4.69) is 10.1 Å². The molecule has 0 bridgehead atoms. The van der Waals surface area contributed by atoms with E-state index in [9.17, 15) is 0 Å². The van der Waals surface area contributed by atoms with Crippen molar-refractivity contribution >= 4 is 34.1 Å². The Morgan fingerprint density at radius 1 is 1.06 bits per heavy atom. The number of aromatic nitrogens is 3. The van der Waals surface area contributed by atoms with Crippen LogP contribution in [0.3, 0.4) is 0 Å². The van der Waals surface area contributed by atoms with E-state index in [1.807, 2.05) is 30.3 Å². The number of hydrogen-bond donors (Lipinski definition) is 0. The Hall–Kier alpha value is -1.58. The van der Waals surface area contributed by atoms with Crippen molar-refractivity contribution in [2.75, 3.05) is 0 Å². The molecule has 3 nitrogen and oxygen atoms in total. The number of halogens is 2. The van der Waals surface area contributed by atoms with E-state index in [1.165, 1.54) is 0 Å². The standard InChI is InChI=1S/C12H7Cl2N3/c13-11-6-10-9(7-15-11)12(14)17(16-10)8-4-2-1-3-5-8/h1-7H. The Labute approximate surface area is 108 Å². The van der Waals surface area contributed by atoms with E-state index in [4.69, 9.17) is 23.2 Å².